The van der Waals surface area contributed by atoms with E-state index in [2.05, 4.69) is 53.6 Å². The van der Waals surface area contributed by atoms with Gasteiger partial charge < -0.3 is 4.90 Å². The van der Waals surface area contributed by atoms with Crippen molar-refractivity contribution in [1.82, 2.24) is 19.5 Å². The third-order valence-corrected chi connectivity index (χ3v) is 6.01. The molecule has 0 unspecified atom stereocenters. The van der Waals surface area contributed by atoms with Crippen LogP contribution < -0.4 is 0 Å². The maximum absolute atomic E-state index is 12.4. The fraction of sp³-hybridized carbons (Fsp3) is 0.421. The number of hydrogen-bond acceptors (Lipinski definition) is 4. The third kappa shape index (κ3) is 2.78. The van der Waals surface area contributed by atoms with Gasteiger partial charge in [-0.2, -0.15) is 0 Å². The number of benzene rings is 1. The van der Waals surface area contributed by atoms with Crippen LogP contribution in [-0.4, -0.2) is 44.2 Å². The number of aryl methyl sites for hydroxylation is 3. The van der Waals surface area contributed by atoms with E-state index in [0.29, 0.717) is 5.75 Å². The number of carbonyl (C=O) groups excluding carboxylic acids is 1. The van der Waals surface area contributed by atoms with E-state index in [4.69, 9.17) is 0 Å². The topological polar surface area (TPSA) is 50.5 Å². The lowest BCUT2D eigenvalue weighted by molar-refractivity contribution is -0.127. The van der Waals surface area contributed by atoms with Gasteiger partial charge in [-0.1, -0.05) is 23.9 Å². The van der Waals surface area contributed by atoms with Crippen molar-refractivity contribution in [3.63, 3.8) is 0 Å². The van der Waals surface area contributed by atoms with Gasteiger partial charge in [0.15, 0.2) is 10.8 Å². The summed E-state index contributed by atoms with van der Waals surface area (Å²) < 4.78 is 2.12. The van der Waals surface area contributed by atoms with Gasteiger partial charge in [-0.15, -0.1) is 10.2 Å². The first-order valence-electron chi connectivity index (χ1n) is 8.71. The quantitative estimate of drug-likeness (QED) is 0.675. The molecule has 4 rings (SSSR count). The maximum atomic E-state index is 12.4. The normalized spacial score (nSPS) is 14.8. The van der Waals surface area contributed by atoms with Gasteiger partial charge in [0.25, 0.3) is 0 Å². The minimum absolute atomic E-state index is 0.198. The van der Waals surface area contributed by atoms with Crippen LogP contribution in [0, 0.1) is 20.8 Å². The first-order chi connectivity index (χ1) is 12.1. The number of likely N-dealkylation sites (tertiary alicyclic amines) is 1. The molecule has 0 N–H and O–H groups in total. The zero-order valence-electron chi connectivity index (χ0n) is 14.9. The zero-order chi connectivity index (χ0) is 17.6. The number of rotatable bonds is 3. The Hall–Kier alpha value is -2.08. The fourth-order valence-electron chi connectivity index (χ4n) is 3.54. The largest absolute Gasteiger partial charge is 0.342 e. The summed E-state index contributed by atoms with van der Waals surface area (Å²) >= 11 is 1.49. The van der Waals surface area contributed by atoms with Crippen molar-refractivity contribution in [2.45, 2.75) is 38.8 Å². The SMILES string of the molecule is Cc1ccc2cc(C)c3nnc(SCC(=O)N4CCCC4)n3c2c1C. The van der Waals surface area contributed by atoms with Crippen molar-refractivity contribution in [2.75, 3.05) is 18.8 Å². The molecule has 3 aromatic rings. The van der Waals surface area contributed by atoms with Crippen LogP contribution in [0.25, 0.3) is 16.6 Å². The van der Waals surface area contributed by atoms with Gasteiger partial charge >= 0.3 is 0 Å². The smallest absolute Gasteiger partial charge is 0.233 e. The van der Waals surface area contributed by atoms with Crippen molar-refractivity contribution < 1.29 is 4.79 Å². The molecule has 6 heteroatoms. The van der Waals surface area contributed by atoms with Crippen molar-refractivity contribution in [1.29, 1.82) is 0 Å². The van der Waals surface area contributed by atoms with Crippen LogP contribution in [0.3, 0.4) is 0 Å². The number of pyridine rings is 1. The van der Waals surface area contributed by atoms with Crippen LogP contribution in [0.1, 0.15) is 29.5 Å². The van der Waals surface area contributed by atoms with E-state index in [1.54, 1.807) is 0 Å². The summed E-state index contributed by atoms with van der Waals surface area (Å²) in [6.45, 7) is 8.09. The van der Waals surface area contributed by atoms with Crippen LogP contribution >= 0.6 is 11.8 Å². The van der Waals surface area contributed by atoms with E-state index in [9.17, 15) is 4.79 Å². The second kappa shape index (κ2) is 6.33. The Kier molecular flexibility index (Phi) is 4.15. The molecule has 3 heterocycles. The summed E-state index contributed by atoms with van der Waals surface area (Å²) in [5.74, 6) is 0.616. The highest BCUT2D eigenvalue weighted by atomic mass is 32.2. The fourth-order valence-corrected chi connectivity index (χ4v) is 4.38. The molecule has 1 saturated heterocycles. The second-order valence-corrected chi connectivity index (χ2v) is 7.73. The van der Waals surface area contributed by atoms with Crippen LogP contribution in [0.2, 0.25) is 0 Å². The molecule has 1 amide bonds. The standard InChI is InChI=1S/C19H22N4OS/c1-12-6-7-15-10-13(2)18-20-21-19(23(18)17(15)14(12)3)25-11-16(24)22-8-4-5-9-22/h6-7,10H,4-5,8-9,11H2,1-3H3. The van der Waals surface area contributed by atoms with E-state index in [1.165, 1.54) is 28.3 Å². The molecule has 0 aliphatic carbocycles. The second-order valence-electron chi connectivity index (χ2n) is 6.79. The molecule has 2 aromatic heterocycles. The van der Waals surface area contributed by atoms with Gasteiger partial charge in [0.1, 0.15) is 0 Å². The van der Waals surface area contributed by atoms with E-state index >= 15 is 0 Å². The highest BCUT2D eigenvalue weighted by Crippen LogP contribution is 2.29. The molecule has 1 aliphatic heterocycles. The van der Waals surface area contributed by atoms with E-state index in [1.807, 2.05) is 4.90 Å². The molecule has 0 saturated carbocycles. The van der Waals surface area contributed by atoms with Gasteiger partial charge in [-0.25, -0.2) is 0 Å². The average molecular weight is 354 g/mol. The molecular formula is C19H22N4OS. The Morgan fingerprint density at radius 2 is 1.88 bits per heavy atom. The summed E-state index contributed by atoms with van der Waals surface area (Å²) in [6, 6.07) is 6.46. The summed E-state index contributed by atoms with van der Waals surface area (Å²) in [6.07, 6.45) is 2.24. The molecule has 5 nitrogen and oxygen atoms in total. The highest BCUT2D eigenvalue weighted by Gasteiger charge is 2.20. The van der Waals surface area contributed by atoms with Gasteiger partial charge in [0.05, 0.1) is 11.3 Å². The van der Waals surface area contributed by atoms with Crippen LogP contribution in [0.5, 0.6) is 0 Å². The third-order valence-electron chi connectivity index (χ3n) is 5.10. The van der Waals surface area contributed by atoms with Crippen molar-refractivity contribution >= 4 is 34.2 Å². The summed E-state index contributed by atoms with van der Waals surface area (Å²) in [4.78, 5) is 14.3. The molecule has 0 atom stereocenters. The Labute approximate surface area is 151 Å². The molecule has 25 heavy (non-hydrogen) atoms. The number of amides is 1. The minimum atomic E-state index is 0.198. The van der Waals surface area contributed by atoms with Gasteiger partial charge in [0.2, 0.25) is 5.91 Å². The van der Waals surface area contributed by atoms with Crippen molar-refractivity contribution in [2.24, 2.45) is 0 Å². The van der Waals surface area contributed by atoms with Gasteiger partial charge in [-0.05, 0) is 61.8 Å². The van der Waals surface area contributed by atoms with Crippen LogP contribution in [-0.2, 0) is 4.79 Å². The molecule has 130 valence electrons. The summed E-state index contributed by atoms with van der Waals surface area (Å²) in [5.41, 5.74) is 5.59. The molecule has 1 fully saturated rings. The number of aromatic nitrogens is 3. The summed E-state index contributed by atoms with van der Waals surface area (Å²) in [5, 5.41) is 10.7. The molecule has 1 aliphatic rings. The van der Waals surface area contributed by atoms with Crippen molar-refractivity contribution in [3.8, 4) is 0 Å². The van der Waals surface area contributed by atoms with Crippen LogP contribution in [0.15, 0.2) is 23.4 Å². The molecule has 1 aromatic carbocycles. The van der Waals surface area contributed by atoms with E-state index in [-0.39, 0.29) is 5.91 Å². The predicted molar refractivity (Wildman–Crippen MR) is 101 cm³/mol. The van der Waals surface area contributed by atoms with Crippen molar-refractivity contribution in [3.05, 3.63) is 34.9 Å². The van der Waals surface area contributed by atoms with E-state index in [0.717, 1.165) is 47.8 Å². The maximum Gasteiger partial charge on any atom is 0.233 e. The lowest BCUT2D eigenvalue weighted by Crippen LogP contribution is -2.29. The van der Waals surface area contributed by atoms with Crippen LogP contribution in [0.4, 0.5) is 0 Å². The Morgan fingerprint density at radius 3 is 2.64 bits per heavy atom. The Balaban J connectivity index is 1.76. The monoisotopic (exact) mass is 354 g/mol. The first-order valence-corrected chi connectivity index (χ1v) is 9.70. The Morgan fingerprint density at radius 1 is 1.12 bits per heavy atom. The lowest BCUT2D eigenvalue weighted by Gasteiger charge is -2.15. The molecule has 0 bridgehead atoms. The molecule has 0 radical (unpaired) electrons. The zero-order valence-corrected chi connectivity index (χ0v) is 15.7. The number of hydrogen-bond donors (Lipinski definition) is 0. The molecule has 0 spiro atoms. The van der Waals surface area contributed by atoms with Gasteiger partial charge in [-0.3, -0.25) is 9.20 Å². The Bertz CT molecular complexity index is 973. The van der Waals surface area contributed by atoms with E-state index < -0.39 is 0 Å². The molecular weight excluding hydrogens is 332 g/mol. The number of carbonyl (C=O) groups is 1. The minimum Gasteiger partial charge on any atom is -0.342 e. The highest BCUT2D eigenvalue weighted by molar-refractivity contribution is 7.99. The lowest BCUT2D eigenvalue weighted by atomic mass is 10.0. The average Bonchev–Trinajstić information content (AvgIpc) is 3.26. The first kappa shape index (κ1) is 16.4. The number of fused-ring (bicyclic) bond motifs is 3. The predicted octanol–water partition coefficient (Wildman–Crippen LogP) is 3.52. The summed E-state index contributed by atoms with van der Waals surface area (Å²) in [7, 11) is 0. The number of nitrogens with zero attached hydrogens (tertiary/aromatic N) is 4. The number of thioether (sulfide) groups is 1. The van der Waals surface area contributed by atoms with Gasteiger partial charge in [0, 0.05) is 13.1 Å².